The molecule has 0 fully saturated rings. The number of pyridine rings is 6. The van der Waals surface area contributed by atoms with Crippen LogP contribution >= 0.6 is 139 Å². The number of hydrogen-bond acceptors (Lipinski definition) is 18. The first-order valence-corrected chi connectivity index (χ1v) is 42.5. The summed E-state index contributed by atoms with van der Waals surface area (Å²) in [7, 11) is 4.26. The van der Waals surface area contributed by atoms with Gasteiger partial charge in [0, 0.05) is 93.5 Å². The van der Waals surface area contributed by atoms with E-state index < -0.39 is 11.9 Å². The third-order valence-electron chi connectivity index (χ3n) is 19.4. The Hall–Kier alpha value is -10.7. The number of benzene rings is 6. The van der Waals surface area contributed by atoms with E-state index in [0.29, 0.717) is 116 Å². The highest BCUT2D eigenvalue weighted by Gasteiger charge is 2.23. The van der Waals surface area contributed by atoms with Crippen molar-refractivity contribution in [3.8, 4) is 73.3 Å². The molecule has 642 valence electrons. The van der Waals surface area contributed by atoms with Gasteiger partial charge >= 0.3 is 11.9 Å². The molecule has 12 aromatic heterocycles. The van der Waals surface area contributed by atoms with Crippen molar-refractivity contribution in [3.05, 3.63) is 349 Å². The van der Waals surface area contributed by atoms with Crippen LogP contribution in [0.2, 0.25) is 25.1 Å². The Labute approximate surface area is 788 Å². The second-order valence-electron chi connectivity index (χ2n) is 27.0. The van der Waals surface area contributed by atoms with E-state index in [1.807, 2.05) is 156 Å². The van der Waals surface area contributed by atoms with Gasteiger partial charge in [-0.3, -0.25) is 8.80 Å². The smallest absolute Gasteiger partial charge is 0.339 e. The molecule has 25 nitrogen and oxygen atoms in total. The molecule has 126 heavy (non-hydrogen) atoms. The average Bonchev–Trinajstić information content (AvgIpc) is 1.43. The zero-order chi connectivity index (χ0) is 88.9. The average molecular weight is 2120 g/mol. The van der Waals surface area contributed by atoms with Crippen LogP contribution < -0.4 is 4.74 Å². The number of rotatable bonds is 16. The number of imidazole rings is 6. The third-order valence-corrected chi connectivity index (χ3v) is 22.7. The van der Waals surface area contributed by atoms with E-state index in [-0.39, 0.29) is 63.2 Å². The molecule has 0 saturated carbocycles. The zero-order valence-corrected chi connectivity index (χ0v) is 78.2. The van der Waals surface area contributed by atoms with Gasteiger partial charge < -0.3 is 67.6 Å². The van der Waals surface area contributed by atoms with Gasteiger partial charge in [0.15, 0.2) is 11.3 Å². The molecule has 0 amide bonds. The highest BCUT2D eigenvalue weighted by molar-refractivity contribution is 9.11. The van der Waals surface area contributed by atoms with Gasteiger partial charge in [-0.1, -0.05) is 201 Å². The molecule has 0 atom stereocenters. The van der Waals surface area contributed by atoms with Crippen LogP contribution in [0, 0.1) is 6.57 Å². The van der Waals surface area contributed by atoms with E-state index in [1.54, 1.807) is 121 Å². The number of methoxy groups -OCH3 is 3. The Morgan fingerprint density at radius 3 is 1.06 bits per heavy atom. The van der Waals surface area contributed by atoms with Crippen LogP contribution in [-0.2, 0) is 55.7 Å². The van der Waals surface area contributed by atoms with Gasteiger partial charge in [-0.05, 0) is 133 Å². The summed E-state index contributed by atoms with van der Waals surface area (Å²) in [6.07, 6.45) is 10.1. The summed E-state index contributed by atoms with van der Waals surface area (Å²) in [5.41, 5.74) is 19.5. The number of aromatic nitrogens is 12. The molecular formula is C91H71Br5Cl5N13O12. The van der Waals surface area contributed by atoms with Crippen LogP contribution in [0.25, 0.3) is 106 Å². The minimum atomic E-state index is -0.437. The number of carbonyl (C=O) groups excluding carboxylic acids is 2. The molecule has 0 aliphatic rings. The molecule has 12 heterocycles. The van der Waals surface area contributed by atoms with Crippen molar-refractivity contribution in [1.82, 2.24) is 56.3 Å². The maximum atomic E-state index is 11.6. The molecule has 0 aliphatic heterocycles. The number of ether oxygens (including phenoxy) is 3. The van der Waals surface area contributed by atoms with Crippen LogP contribution in [0.3, 0.4) is 0 Å². The number of halogens is 10. The predicted molar refractivity (Wildman–Crippen MR) is 507 cm³/mol. The molecule has 0 aliphatic carbocycles. The monoisotopic (exact) mass is 2110 g/mol. The highest BCUT2D eigenvalue weighted by atomic mass is 79.9. The molecule has 0 radical (unpaired) electrons. The first kappa shape index (κ1) is 94.4. The Morgan fingerprint density at radius 1 is 0.357 bits per heavy atom. The predicted octanol–water partition coefficient (Wildman–Crippen LogP) is 21.5. The minimum Gasteiger partial charge on any atom is -0.497 e. The Bertz CT molecular complexity index is 6870. The molecule has 0 bridgehead atoms. The summed E-state index contributed by atoms with van der Waals surface area (Å²) in [6.45, 7) is 6.11. The van der Waals surface area contributed by atoms with Crippen molar-refractivity contribution in [3.63, 3.8) is 0 Å². The topological polar surface area (TPSA) is 312 Å². The third kappa shape index (κ3) is 21.2. The SMILES string of the molecule is Br.COC(=O)c1ccc2nc(-c3ccc(Br)cc3)c(CO)n2c1.COC(=O)c1ccc2nc(-c3ccc(Cl)cc3)c(CO)n2c1.COc1cccc(-c2nc3c(Cl)cc(Cl)cn3c2CO)c1.OCc1c(-c2ccc(Br)cc2)nc2c(Cl)cc(Cl)cn12.OCc1ccn2c(CO)c(-c3ccc(Br)cc3)nc2c1.[C-]#[N+]c1ccc2nc(-c3ccc(Br)cc3)c(CO)n2c1. The van der Waals surface area contributed by atoms with Gasteiger partial charge in [-0.25, -0.2) is 44.3 Å². The summed E-state index contributed by atoms with van der Waals surface area (Å²) in [5, 5.41) is 69.7. The van der Waals surface area contributed by atoms with Crippen LogP contribution in [-0.4, -0.2) is 125 Å². The molecule has 6 aromatic carbocycles. The number of esters is 2. The van der Waals surface area contributed by atoms with Gasteiger partial charge in [-0.15, -0.1) is 17.0 Å². The lowest BCUT2D eigenvalue weighted by Crippen LogP contribution is -2.04. The van der Waals surface area contributed by atoms with Gasteiger partial charge in [0.05, 0.1) is 174 Å². The fraction of sp³-hybridized carbons (Fsp3) is 0.110. The fourth-order valence-corrected chi connectivity index (χ4v) is 15.6. The number of aliphatic hydroxyl groups is 7. The molecular weight excluding hydrogens is 2040 g/mol. The fourth-order valence-electron chi connectivity index (χ4n) is 13.4. The van der Waals surface area contributed by atoms with E-state index in [0.717, 1.165) is 91.0 Å². The largest absolute Gasteiger partial charge is 0.497 e. The second-order valence-corrected chi connectivity index (χ2v) is 32.8. The zero-order valence-electron chi connectivity index (χ0n) is 66.3. The Morgan fingerprint density at radius 2 is 0.698 bits per heavy atom. The molecule has 18 aromatic rings. The summed E-state index contributed by atoms with van der Waals surface area (Å²) < 4.78 is 29.0. The molecule has 7 N–H and O–H groups in total. The number of hydrogen-bond donors (Lipinski definition) is 7. The molecule has 0 saturated heterocycles. The molecule has 35 heteroatoms. The first-order valence-electron chi connectivity index (χ1n) is 37.5. The van der Waals surface area contributed by atoms with Crippen LogP contribution in [0.15, 0.2) is 261 Å². The molecule has 18 rings (SSSR count). The summed E-state index contributed by atoms with van der Waals surface area (Å²) in [4.78, 5) is 53.9. The van der Waals surface area contributed by atoms with Crippen molar-refractivity contribution in [1.29, 1.82) is 0 Å². The van der Waals surface area contributed by atoms with E-state index >= 15 is 0 Å². The highest BCUT2D eigenvalue weighted by Crippen LogP contribution is 2.37. The van der Waals surface area contributed by atoms with E-state index in [1.165, 1.54) is 14.2 Å². The molecule has 0 spiro atoms. The summed E-state index contributed by atoms with van der Waals surface area (Å²) in [5.74, 6) is -0.144. The summed E-state index contributed by atoms with van der Waals surface area (Å²) >= 11 is 43.9. The van der Waals surface area contributed by atoms with E-state index in [2.05, 4.69) is 98.5 Å². The number of aliphatic hydroxyl groups excluding tert-OH is 7. The quantitative estimate of drug-likeness (QED) is 0.0349. The lowest BCUT2D eigenvalue weighted by atomic mass is 10.1. The van der Waals surface area contributed by atoms with Crippen LogP contribution in [0.5, 0.6) is 5.75 Å². The van der Waals surface area contributed by atoms with Gasteiger partial charge in [0.2, 0.25) is 5.69 Å². The van der Waals surface area contributed by atoms with Crippen molar-refractivity contribution in [2.24, 2.45) is 0 Å². The van der Waals surface area contributed by atoms with Crippen molar-refractivity contribution >= 4 is 190 Å². The minimum absolute atomic E-state index is 0. The normalized spacial score (nSPS) is 10.9. The van der Waals surface area contributed by atoms with Crippen molar-refractivity contribution < 1.29 is 59.5 Å². The van der Waals surface area contributed by atoms with Crippen LogP contribution in [0.4, 0.5) is 5.69 Å². The Kier molecular flexibility index (Phi) is 32.3. The number of nitrogens with zero attached hydrogens (tertiary/aromatic N) is 13. The molecule has 0 unspecified atom stereocenters. The first-order chi connectivity index (χ1) is 60.4. The number of fused-ring (bicyclic) bond motifs is 6. The summed E-state index contributed by atoms with van der Waals surface area (Å²) in [6, 6.07) is 62.8. The van der Waals surface area contributed by atoms with Crippen LogP contribution in [0.1, 0.15) is 60.4 Å². The maximum absolute atomic E-state index is 11.6. The number of carbonyl (C=O) groups is 2. The van der Waals surface area contributed by atoms with Crippen molar-refractivity contribution in [2.45, 2.75) is 46.2 Å². The van der Waals surface area contributed by atoms with Gasteiger partial charge in [0.25, 0.3) is 0 Å². The second kappa shape index (κ2) is 43.2. The maximum Gasteiger partial charge on any atom is 0.339 e. The Balaban J connectivity index is 0.000000137. The van der Waals surface area contributed by atoms with Gasteiger partial charge in [-0.2, -0.15) is 0 Å². The van der Waals surface area contributed by atoms with E-state index in [9.17, 15) is 45.3 Å². The lowest BCUT2D eigenvalue weighted by Gasteiger charge is -2.04. The van der Waals surface area contributed by atoms with Crippen molar-refractivity contribution in [2.75, 3.05) is 21.3 Å². The lowest BCUT2D eigenvalue weighted by molar-refractivity contribution is 0.0591. The van der Waals surface area contributed by atoms with E-state index in [4.69, 9.17) is 78.8 Å². The van der Waals surface area contributed by atoms with Gasteiger partial charge in [0.1, 0.15) is 28.3 Å². The standard InChI is InChI=1S/C16H13BrN2O3.C16H13ClN2O3.C15H10BrN3O.C15H13BrN2O2.C15H12Cl2N2O2.C14H9BrCl2N2O.BrH/c2*1-22-16(21)11-4-7-14-18-15(13(9-20)19(14)8-11)10-2-5-12(17)6-3-10;1-17-12-6-7-14-18-15(13(9-20)19(14)8-12)10-2-4-11(16)5-3-10;16-12-3-1-11(2-4-12)15-13(9-20)18-6-5-10(8-19)7-14(18)17-15;1-21-11-4-2-3-9(5-11)14-13(8-20)19-7-10(16)6-12(17)15(19)18-14;15-9-3-1-8(2-4-9)13-12(7-20)19-6-10(16)5-11(17)14(19)18-13;/h2*2-8,20H,9H2,1H3;2-8,20H,9H2;1-7,19-20H,8-9H2;2-7,20H,8H2,1H3;1-6,20H,7H2;1H.